The number of hydrogen-bond acceptors (Lipinski definition) is 2. The van der Waals surface area contributed by atoms with Gasteiger partial charge in [-0.3, -0.25) is 20.4 Å². The Hall–Kier alpha value is 0.270. The Balaban J connectivity index is 7.18. The molecule has 45 heavy (non-hydrogen) atoms. The van der Waals surface area contributed by atoms with Gasteiger partial charge in [0, 0.05) is 23.9 Å². The van der Waals surface area contributed by atoms with Crippen molar-refractivity contribution in [3.63, 3.8) is 0 Å². The first kappa shape index (κ1) is 45.3. The van der Waals surface area contributed by atoms with Crippen molar-refractivity contribution in [1.82, 2.24) is 10.6 Å². The predicted molar refractivity (Wildman–Crippen MR) is 208 cm³/mol. The summed E-state index contributed by atoms with van der Waals surface area (Å²) < 4.78 is 0. The summed E-state index contributed by atoms with van der Waals surface area (Å²) in [4.78, 5) is 3.58. The van der Waals surface area contributed by atoms with Crippen molar-refractivity contribution in [3.05, 3.63) is 0 Å². The molecule has 4 N–H and O–H groups in total. The lowest BCUT2D eigenvalue weighted by atomic mass is 9.81. The zero-order chi connectivity index (χ0) is 36.1. The van der Waals surface area contributed by atoms with E-state index in [-0.39, 0.29) is 33.0 Å². The summed E-state index contributed by atoms with van der Waals surface area (Å²) >= 11 is 0. The first-order chi connectivity index (χ1) is 19.6. The van der Waals surface area contributed by atoms with Crippen LogP contribution in [0.15, 0.2) is 0 Å². The van der Waals surface area contributed by atoms with E-state index in [0.29, 0.717) is 10.8 Å². The van der Waals surface area contributed by atoms with Crippen LogP contribution in [0.25, 0.3) is 0 Å². The molecule has 0 amide bonds. The van der Waals surface area contributed by atoms with Crippen LogP contribution in [0.1, 0.15) is 178 Å². The second-order valence-corrected chi connectivity index (χ2v) is 26.7. The third-order valence-corrected chi connectivity index (χ3v) is 13.3. The molecule has 0 aromatic heterocycles. The summed E-state index contributed by atoms with van der Waals surface area (Å²) in [6.45, 7) is 56.2. The van der Waals surface area contributed by atoms with Crippen LogP contribution in [-0.4, -0.2) is 60.4 Å². The second-order valence-electron chi connectivity index (χ2n) is 22.7. The van der Waals surface area contributed by atoms with E-state index >= 15 is 0 Å². The monoisotopic (exact) mass is 658 g/mol. The minimum Gasteiger partial charge on any atom is -0.300 e. The Morgan fingerprint density at radius 2 is 0.644 bits per heavy atom. The fourth-order valence-electron chi connectivity index (χ4n) is 9.20. The van der Waals surface area contributed by atoms with Crippen molar-refractivity contribution in [1.29, 1.82) is 0 Å². The minimum absolute atomic E-state index is 0.0883. The molecular weight excluding hydrogens is 567 g/mol. The topological polar surface area (TPSA) is 32.9 Å². The van der Waals surface area contributed by atoms with Crippen LogP contribution in [0.5, 0.6) is 0 Å². The number of quaternary nitrogens is 2. The van der Waals surface area contributed by atoms with E-state index in [0.717, 1.165) is 12.6 Å². The van der Waals surface area contributed by atoms with Crippen molar-refractivity contribution >= 4 is 7.26 Å². The van der Waals surface area contributed by atoms with E-state index in [9.17, 15) is 0 Å². The molecule has 0 aliphatic heterocycles. The van der Waals surface area contributed by atoms with Crippen molar-refractivity contribution < 1.29 is 9.80 Å². The van der Waals surface area contributed by atoms with Crippen molar-refractivity contribution in [3.8, 4) is 0 Å². The van der Waals surface area contributed by atoms with Gasteiger partial charge in [-0.1, -0.05) is 83.1 Å². The molecule has 0 saturated carbocycles. The minimum atomic E-state index is -1.59. The maximum atomic E-state index is 4.28. The van der Waals surface area contributed by atoms with Gasteiger partial charge in [-0.25, -0.2) is 0 Å². The fourth-order valence-corrected chi connectivity index (χ4v) is 14.3. The summed E-state index contributed by atoms with van der Waals surface area (Å²) in [7, 11) is -1.59. The summed E-state index contributed by atoms with van der Waals surface area (Å²) in [6, 6.07) is 0. The van der Waals surface area contributed by atoms with E-state index in [1.165, 1.54) is 51.3 Å². The smallest absolute Gasteiger partial charge is 0.188 e. The molecule has 0 aliphatic carbocycles. The van der Waals surface area contributed by atoms with Crippen LogP contribution in [0.3, 0.4) is 0 Å². The maximum Gasteiger partial charge on any atom is 0.188 e. The predicted octanol–water partition coefficient (Wildman–Crippen LogP) is 8.68. The van der Waals surface area contributed by atoms with Crippen molar-refractivity contribution in [2.75, 3.05) is 38.2 Å². The Morgan fingerprint density at radius 1 is 0.400 bits per heavy atom. The SMILES string of the molecule is CC[NH+](C[P+](CNC(C)(C)CC(C)(C)C)(CNC(C)(C)CC(C)(C)C)C[NH+](CC)C(C)(C)CC(C)(C)C)C(C)(C)CC(C)(C)C. The highest BCUT2D eigenvalue weighted by Gasteiger charge is 2.52. The molecule has 0 fully saturated rings. The van der Waals surface area contributed by atoms with Crippen LogP contribution in [0.2, 0.25) is 0 Å². The number of rotatable bonds is 18. The second kappa shape index (κ2) is 15.9. The van der Waals surface area contributed by atoms with Gasteiger partial charge in [-0.2, -0.15) is 0 Å². The van der Waals surface area contributed by atoms with Crippen LogP contribution in [-0.2, 0) is 0 Å². The molecule has 0 aliphatic rings. The Labute approximate surface area is 287 Å². The van der Waals surface area contributed by atoms with Gasteiger partial charge in [0.1, 0.15) is 12.6 Å². The van der Waals surface area contributed by atoms with Crippen LogP contribution < -0.4 is 20.4 Å². The molecule has 0 spiro atoms. The van der Waals surface area contributed by atoms with Gasteiger partial charge in [-0.05, 0) is 104 Å². The van der Waals surface area contributed by atoms with E-state index in [1.807, 2.05) is 0 Å². The molecule has 2 unspecified atom stereocenters. The normalized spacial score (nSPS) is 16.7. The van der Waals surface area contributed by atoms with Gasteiger partial charge in [0.15, 0.2) is 19.8 Å². The van der Waals surface area contributed by atoms with Gasteiger partial charge in [0.2, 0.25) is 0 Å². The molecule has 2 atom stereocenters. The highest BCUT2D eigenvalue weighted by atomic mass is 31.2. The Bertz CT molecular complexity index is 787. The van der Waals surface area contributed by atoms with Gasteiger partial charge >= 0.3 is 0 Å². The van der Waals surface area contributed by atoms with Crippen LogP contribution in [0.4, 0.5) is 0 Å². The molecule has 0 aromatic rings. The lowest BCUT2D eigenvalue weighted by molar-refractivity contribution is -0.945. The summed E-state index contributed by atoms with van der Waals surface area (Å²) in [5, 5.41) is 8.56. The van der Waals surface area contributed by atoms with E-state index in [1.54, 1.807) is 9.80 Å². The fraction of sp³-hybridized carbons (Fsp3) is 1.00. The molecule has 4 nitrogen and oxygen atoms in total. The quantitative estimate of drug-likeness (QED) is 0.111. The molecular formula is C40H90N4P+3. The zero-order valence-electron chi connectivity index (χ0n) is 35.5. The highest BCUT2D eigenvalue weighted by molar-refractivity contribution is 7.75. The molecule has 0 bridgehead atoms. The average Bonchev–Trinajstić information content (AvgIpc) is 2.71. The Kier molecular flexibility index (Phi) is 16.0. The average molecular weight is 658 g/mol. The molecule has 5 heteroatoms. The third kappa shape index (κ3) is 19.1. The third-order valence-electron chi connectivity index (χ3n) is 9.50. The van der Waals surface area contributed by atoms with Gasteiger partial charge in [0.25, 0.3) is 0 Å². The van der Waals surface area contributed by atoms with Crippen LogP contribution in [0, 0.1) is 21.7 Å². The first-order valence-corrected chi connectivity index (χ1v) is 21.2. The molecule has 0 saturated heterocycles. The molecule has 0 heterocycles. The van der Waals surface area contributed by atoms with Gasteiger partial charge in [0.05, 0.1) is 24.2 Å². The summed E-state index contributed by atoms with van der Waals surface area (Å²) in [6.07, 6.45) is 9.63. The van der Waals surface area contributed by atoms with Crippen molar-refractivity contribution in [2.24, 2.45) is 21.7 Å². The zero-order valence-corrected chi connectivity index (χ0v) is 36.4. The maximum absolute atomic E-state index is 4.28. The van der Waals surface area contributed by atoms with Gasteiger partial charge in [-0.15, -0.1) is 0 Å². The standard InChI is InChI=1S/C40H88N4P/c1-23-43(39(19,20)27-35(9,10)11)31-45(29-41-37(15,16)25-33(3,4)5,30-42-38(17,18)26-34(6,7)8)32-44(24-2)40(21,22)28-36(12,13)14/h41-42H,23-32H2,1-22H3/q+1/p+2. The molecule has 0 aromatic carbocycles. The molecule has 0 radical (unpaired) electrons. The highest BCUT2D eigenvalue weighted by Crippen LogP contribution is 2.55. The summed E-state index contributed by atoms with van der Waals surface area (Å²) in [5.41, 5.74) is 1.79. The number of nitrogens with one attached hydrogen (secondary N) is 4. The Morgan fingerprint density at radius 3 is 0.844 bits per heavy atom. The lowest BCUT2D eigenvalue weighted by Gasteiger charge is -2.45. The largest absolute Gasteiger partial charge is 0.300 e. The van der Waals surface area contributed by atoms with Crippen molar-refractivity contribution in [2.45, 2.75) is 200 Å². The van der Waals surface area contributed by atoms with Gasteiger partial charge < -0.3 is 0 Å². The van der Waals surface area contributed by atoms with E-state index in [4.69, 9.17) is 0 Å². The van der Waals surface area contributed by atoms with Crippen LogP contribution >= 0.6 is 7.26 Å². The lowest BCUT2D eigenvalue weighted by Crippen LogP contribution is -3.22. The summed E-state index contributed by atoms with van der Waals surface area (Å²) in [5.74, 6) is 0. The molecule has 272 valence electrons. The number of hydrogen-bond donors (Lipinski definition) is 4. The van der Waals surface area contributed by atoms with E-state index in [2.05, 4.69) is 163 Å². The van der Waals surface area contributed by atoms with E-state index < -0.39 is 7.26 Å². The molecule has 0 rings (SSSR count). The first-order valence-electron chi connectivity index (χ1n) is 18.6.